The van der Waals surface area contributed by atoms with Gasteiger partial charge in [0.15, 0.2) is 5.13 Å². The molecule has 1 saturated heterocycles. The van der Waals surface area contributed by atoms with E-state index >= 15 is 0 Å². The summed E-state index contributed by atoms with van der Waals surface area (Å²) in [6.07, 6.45) is 2.28. The summed E-state index contributed by atoms with van der Waals surface area (Å²) in [7, 11) is 0. The van der Waals surface area contributed by atoms with Crippen LogP contribution in [-0.2, 0) is 9.53 Å². The zero-order valence-corrected chi connectivity index (χ0v) is 23.5. The Balaban J connectivity index is 0.00000342. The molecule has 35 heavy (non-hydrogen) atoms. The largest absolute Gasteiger partial charge is 0.379 e. The lowest BCUT2D eigenvalue weighted by Crippen LogP contribution is -2.39. The highest BCUT2D eigenvalue weighted by Crippen LogP contribution is 2.34. The minimum Gasteiger partial charge on any atom is -0.379 e. The van der Waals surface area contributed by atoms with Crippen molar-refractivity contribution < 1.29 is 9.53 Å². The number of halogens is 2. The second-order valence-electron chi connectivity index (χ2n) is 8.63. The van der Waals surface area contributed by atoms with Crippen LogP contribution in [0.15, 0.2) is 41.3 Å². The average molecular weight is 555 g/mol. The van der Waals surface area contributed by atoms with Gasteiger partial charge in [0.05, 0.1) is 23.4 Å². The summed E-state index contributed by atoms with van der Waals surface area (Å²) in [4.78, 5) is 23.7. The van der Waals surface area contributed by atoms with Gasteiger partial charge in [-0.25, -0.2) is 4.98 Å². The van der Waals surface area contributed by atoms with E-state index in [1.165, 1.54) is 10.5 Å². The zero-order chi connectivity index (χ0) is 23.9. The number of rotatable bonds is 10. The lowest BCUT2D eigenvalue weighted by atomic mass is 10.2. The van der Waals surface area contributed by atoms with E-state index in [1.807, 2.05) is 24.0 Å². The Morgan fingerprint density at radius 3 is 2.63 bits per heavy atom. The van der Waals surface area contributed by atoms with Gasteiger partial charge >= 0.3 is 0 Å². The average Bonchev–Trinajstić information content (AvgIpc) is 3.28. The van der Waals surface area contributed by atoms with Crippen LogP contribution in [0.2, 0.25) is 5.02 Å². The molecule has 1 amide bonds. The Morgan fingerprint density at radius 1 is 1.14 bits per heavy atom. The maximum atomic E-state index is 13.3. The number of ether oxygens (including phenoxy) is 1. The number of fused-ring (bicyclic) bond motifs is 1. The Bertz CT molecular complexity index is 1100. The number of nitrogens with zero attached hydrogens (tertiary/aromatic N) is 3. The molecule has 4 rings (SSSR count). The first kappa shape index (κ1) is 28.2. The molecule has 0 atom stereocenters. The normalized spacial score (nSPS) is 14.1. The number of anilines is 1. The van der Waals surface area contributed by atoms with Crippen molar-refractivity contribution >= 4 is 68.4 Å². The predicted molar refractivity (Wildman–Crippen MR) is 152 cm³/mol. The van der Waals surface area contributed by atoms with E-state index in [4.69, 9.17) is 21.3 Å². The minimum atomic E-state index is 0. The number of hydrogen-bond donors (Lipinski definition) is 0. The third-order valence-electron chi connectivity index (χ3n) is 6.05. The van der Waals surface area contributed by atoms with E-state index in [2.05, 4.69) is 36.1 Å². The predicted octanol–water partition coefficient (Wildman–Crippen LogP) is 6.62. The lowest BCUT2D eigenvalue weighted by molar-refractivity contribution is -0.118. The highest BCUT2D eigenvalue weighted by Gasteiger charge is 2.21. The van der Waals surface area contributed by atoms with Gasteiger partial charge in [-0.3, -0.25) is 14.6 Å². The SMILES string of the molecule is Cc1ccc(SCCCC(=O)N(CCCN2CCOCC2)c2nc3c(C)c(Cl)ccc3s2)cc1.Cl. The summed E-state index contributed by atoms with van der Waals surface area (Å²) in [5.41, 5.74) is 3.13. The number of morpholine rings is 1. The van der Waals surface area contributed by atoms with Crippen LogP contribution >= 0.6 is 47.1 Å². The lowest BCUT2D eigenvalue weighted by Gasteiger charge is -2.27. The van der Waals surface area contributed by atoms with Crippen LogP contribution in [0.1, 0.15) is 30.4 Å². The number of carbonyl (C=O) groups excluding carboxylic acids is 1. The first-order valence-corrected chi connectivity index (χ1v) is 14.0. The molecule has 0 bridgehead atoms. The number of thioether (sulfide) groups is 1. The first-order chi connectivity index (χ1) is 16.5. The third-order valence-corrected chi connectivity index (χ3v) is 8.60. The Hall–Kier alpha value is -1.35. The number of aryl methyl sites for hydroxylation is 2. The molecule has 2 heterocycles. The van der Waals surface area contributed by atoms with Gasteiger partial charge in [-0.15, -0.1) is 24.2 Å². The second-order valence-corrected chi connectivity index (χ2v) is 11.2. The monoisotopic (exact) mass is 553 g/mol. The van der Waals surface area contributed by atoms with Gasteiger partial charge < -0.3 is 4.74 Å². The van der Waals surface area contributed by atoms with Crippen LogP contribution in [0.5, 0.6) is 0 Å². The summed E-state index contributed by atoms with van der Waals surface area (Å²) in [6, 6.07) is 12.5. The van der Waals surface area contributed by atoms with Gasteiger partial charge in [0.25, 0.3) is 0 Å². The zero-order valence-electron chi connectivity index (χ0n) is 20.3. The van der Waals surface area contributed by atoms with Crippen molar-refractivity contribution in [3.8, 4) is 0 Å². The summed E-state index contributed by atoms with van der Waals surface area (Å²) in [5, 5.41) is 1.49. The number of hydrogen-bond acceptors (Lipinski definition) is 6. The van der Waals surface area contributed by atoms with Gasteiger partial charge in [0, 0.05) is 42.5 Å². The quantitative estimate of drug-likeness (QED) is 0.208. The summed E-state index contributed by atoms with van der Waals surface area (Å²) >= 11 is 9.70. The number of benzene rings is 2. The van der Waals surface area contributed by atoms with Crippen molar-refractivity contribution in [3.63, 3.8) is 0 Å². The number of amides is 1. The molecule has 0 aliphatic carbocycles. The van der Waals surface area contributed by atoms with Gasteiger partial charge in [0.2, 0.25) is 5.91 Å². The van der Waals surface area contributed by atoms with Gasteiger partial charge in [0.1, 0.15) is 0 Å². The fraction of sp³-hybridized carbons (Fsp3) is 0.462. The van der Waals surface area contributed by atoms with Gasteiger partial charge in [-0.2, -0.15) is 0 Å². The minimum absolute atomic E-state index is 0. The molecule has 3 aromatic rings. The molecule has 0 N–H and O–H groups in total. The molecule has 0 saturated carbocycles. The Kier molecular flexibility index (Phi) is 11.1. The molecule has 5 nitrogen and oxygen atoms in total. The molecule has 1 aliphatic heterocycles. The maximum Gasteiger partial charge on any atom is 0.228 e. The van der Waals surface area contributed by atoms with E-state index in [0.717, 1.165) is 72.4 Å². The smallest absolute Gasteiger partial charge is 0.228 e. The van der Waals surface area contributed by atoms with E-state index < -0.39 is 0 Å². The van der Waals surface area contributed by atoms with Gasteiger partial charge in [-0.1, -0.05) is 40.6 Å². The van der Waals surface area contributed by atoms with Crippen molar-refractivity contribution in [1.29, 1.82) is 0 Å². The fourth-order valence-corrected chi connectivity index (χ4v) is 6.07. The van der Waals surface area contributed by atoms with E-state index in [0.29, 0.717) is 18.0 Å². The summed E-state index contributed by atoms with van der Waals surface area (Å²) in [6.45, 7) is 9.23. The standard InChI is InChI=1S/C26H32ClN3O2S2.ClH/c1-19-6-8-21(9-7-19)33-18-3-5-24(31)30(13-4-12-29-14-16-32-17-15-29)26-28-25-20(2)22(27)10-11-23(25)34-26;/h6-11H,3-5,12-18H2,1-2H3;1H. The molecule has 1 fully saturated rings. The van der Waals surface area contributed by atoms with Crippen LogP contribution in [0.3, 0.4) is 0 Å². The topological polar surface area (TPSA) is 45.7 Å². The number of aromatic nitrogens is 1. The van der Waals surface area contributed by atoms with Crippen molar-refractivity contribution in [3.05, 3.63) is 52.5 Å². The molecule has 1 aromatic heterocycles. The highest BCUT2D eigenvalue weighted by atomic mass is 35.5. The van der Waals surface area contributed by atoms with E-state index in [9.17, 15) is 4.79 Å². The molecule has 1 aliphatic rings. The van der Waals surface area contributed by atoms with Crippen LogP contribution < -0.4 is 4.90 Å². The maximum absolute atomic E-state index is 13.3. The highest BCUT2D eigenvalue weighted by molar-refractivity contribution is 7.99. The Morgan fingerprint density at radius 2 is 1.89 bits per heavy atom. The van der Waals surface area contributed by atoms with Crippen molar-refractivity contribution in [2.24, 2.45) is 0 Å². The number of thiazole rings is 1. The molecule has 2 aromatic carbocycles. The van der Waals surface area contributed by atoms with Crippen LogP contribution in [0, 0.1) is 13.8 Å². The molecular weight excluding hydrogens is 521 g/mol. The molecule has 190 valence electrons. The van der Waals surface area contributed by atoms with Crippen LogP contribution in [0.25, 0.3) is 10.2 Å². The molecule has 0 spiro atoms. The molecule has 0 radical (unpaired) electrons. The Labute approximate surface area is 227 Å². The second kappa shape index (κ2) is 13.8. The van der Waals surface area contributed by atoms with Crippen LogP contribution in [-0.4, -0.2) is 60.9 Å². The van der Waals surface area contributed by atoms with Crippen molar-refractivity contribution in [2.45, 2.75) is 38.0 Å². The van der Waals surface area contributed by atoms with E-state index in [1.54, 1.807) is 23.1 Å². The van der Waals surface area contributed by atoms with Crippen molar-refractivity contribution in [2.75, 3.05) is 50.0 Å². The van der Waals surface area contributed by atoms with E-state index in [-0.39, 0.29) is 18.3 Å². The first-order valence-electron chi connectivity index (χ1n) is 11.9. The van der Waals surface area contributed by atoms with Crippen molar-refractivity contribution in [1.82, 2.24) is 9.88 Å². The van der Waals surface area contributed by atoms with Crippen LogP contribution in [0.4, 0.5) is 5.13 Å². The number of carbonyl (C=O) groups is 1. The fourth-order valence-electron chi connectivity index (χ4n) is 3.99. The molecule has 9 heteroatoms. The summed E-state index contributed by atoms with van der Waals surface area (Å²) in [5.74, 6) is 1.07. The summed E-state index contributed by atoms with van der Waals surface area (Å²) < 4.78 is 6.52. The molecular formula is C26H33Cl2N3O2S2. The molecule has 0 unspecified atom stereocenters. The third kappa shape index (κ3) is 7.81. The van der Waals surface area contributed by atoms with Gasteiger partial charge in [-0.05, 0) is 62.3 Å².